The second-order valence-electron chi connectivity index (χ2n) is 6.79. The summed E-state index contributed by atoms with van der Waals surface area (Å²) < 4.78 is 5.98. The van der Waals surface area contributed by atoms with Gasteiger partial charge < -0.3 is 20.1 Å². The molecule has 1 aromatic heterocycles. The van der Waals surface area contributed by atoms with E-state index in [-0.39, 0.29) is 18.6 Å². The van der Waals surface area contributed by atoms with Gasteiger partial charge in [-0.1, -0.05) is 23.2 Å². The third-order valence-electron chi connectivity index (χ3n) is 4.64. The molecule has 2 aromatic rings. The summed E-state index contributed by atoms with van der Waals surface area (Å²) in [5.74, 6) is 0.502. The van der Waals surface area contributed by atoms with Crippen molar-refractivity contribution in [2.45, 2.75) is 25.0 Å². The van der Waals surface area contributed by atoms with Crippen LogP contribution in [0.1, 0.15) is 23.2 Å². The zero-order chi connectivity index (χ0) is 19.9. The van der Waals surface area contributed by atoms with Crippen LogP contribution >= 0.6 is 23.2 Å². The molecule has 1 saturated heterocycles. The molecule has 0 aliphatic carbocycles. The van der Waals surface area contributed by atoms with Crippen LogP contribution in [-0.4, -0.2) is 59.3 Å². The molecule has 3 rings (SSSR count). The number of piperidine rings is 1. The molecule has 0 bridgehead atoms. The van der Waals surface area contributed by atoms with E-state index in [9.17, 15) is 9.90 Å². The van der Waals surface area contributed by atoms with Gasteiger partial charge in [0.15, 0.2) is 0 Å². The van der Waals surface area contributed by atoms with Gasteiger partial charge in [0.2, 0.25) is 0 Å². The first-order chi connectivity index (χ1) is 13.5. The molecule has 1 atom stereocenters. The highest BCUT2D eigenvalue weighted by atomic mass is 35.5. The molecule has 1 fully saturated rings. The topological polar surface area (TPSA) is 74.7 Å². The summed E-state index contributed by atoms with van der Waals surface area (Å²) in [5.41, 5.74) is 0.530. The van der Waals surface area contributed by atoms with Crippen molar-refractivity contribution in [3.8, 4) is 5.75 Å². The predicted octanol–water partition coefficient (Wildman–Crippen LogP) is 3.02. The number of likely N-dealkylation sites (tertiary alicyclic amines) is 1. The summed E-state index contributed by atoms with van der Waals surface area (Å²) in [6, 6.07) is 8.55. The number of ether oxygens (including phenoxy) is 1. The van der Waals surface area contributed by atoms with Crippen molar-refractivity contribution >= 4 is 29.1 Å². The molecule has 1 unspecified atom stereocenters. The number of aliphatic hydroxyl groups excluding tert-OH is 1. The highest BCUT2D eigenvalue weighted by Crippen LogP contribution is 2.28. The molecule has 2 N–H and O–H groups in total. The molecule has 1 aliphatic rings. The standard InChI is InChI=1S/C20H23Cl2N3O3/c21-18-2-1-17(11-19(18)22)28-16-5-9-25(10-6-16)13-15(26)12-24-20(27)14-3-7-23-8-4-14/h1-4,7-8,11,15-16,26H,5-6,9-10,12-13H2,(H,24,27). The molecular weight excluding hydrogens is 401 g/mol. The maximum atomic E-state index is 12.0. The quantitative estimate of drug-likeness (QED) is 0.715. The average Bonchev–Trinajstić information content (AvgIpc) is 2.71. The van der Waals surface area contributed by atoms with Crippen LogP contribution in [-0.2, 0) is 0 Å². The van der Waals surface area contributed by atoms with E-state index in [2.05, 4.69) is 15.2 Å². The van der Waals surface area contributed by atoms with E-state index in [1.807, 2.05) is 6.07 Å². The Kier molecular flexibility index (Phi) is 7.50. The fourth-order valence-corrected chi connectivity index (χ4v) is 3.42. The van der Waals surface area contributed by atoms with Crippen LogP contribution in [0, 0.1) is 0 Å². The molecule has 0 saturated carbocycles. The van der Waals surface area contributed by atoms with E-state index in [4.69, 9.17) is 27.9 Å². The van der Waals surface area contributed by atoms with E-state index in [1.54, 1.807) is 36.7 Å². The largest absolute Gasteiger partial charge is 0.490 e. The highest BCUT2D eigenvalue weighted by Gasteiger charge is 2.22. The lowest BCUT2D eigenvalue weighted by molar-refractivity contribution is 0.0594. The number of rotatable bonds is 7. The first-order valence-electron chi connectivity index (χ1n) is 9.21. The van der Waals surface area contributed by atoms with Gasteiger partial charge in [0.1, 0.15) is 11.9 Å². The van der Waals surface area contributed by atoms with Gasteiger partial charge in [0.05, 0.1) is 16.1 Å². The number of pyridine rings is 1. The number of β-amino-alcohol motifs (C(OH)–C–C–N with tert-alkyl or cyclic N) is 1. The Morgan fingerprint density at radius 1 is 1.21 bits per heavy atom. The van der Waals surface area contributed by atoms with Gasteiger partial charge in [-0.2, -0.15) is 0 Å². The number of hydrogen-bond acceptors (Lipinski definition) is 5. The van der Waals surface area contributed by atoms with Crippen LogP contribution in [0.4, 0.5) is 0 Å². The Hall–Kier alpha value is -1.86. The normalized spacial score (nSPS) is 16.5. The molecule has 1 aliphatic heterocycles. The number of halogens is 2. The first-order valence-corrected chi connectivity index (χ1v) is 9.97. The fraction of sp³-hybridized carbons (Fsp3) is 0.400. The van der Waals surface area contributed by atoms with Crippen LogP contribution in [0.25, 0.3) is 0 Å². The number of aromatic nitrogens is 1. The minimum Gasteiger partial charge on any atom is -0.490 e. The van der Waals surface area contributed by atoms with Crippen molar-refractivity contribution in [1.82, 2.24) is 15.2 Å². The number of carbonyl (C=O) groups excluding carboxylic acids is 1. The van der Waals surface area contributed by atoms with Crippen molar-refractivity contribution in [3.63, 3.8) is 0 Å². The van der Waals surface area contributed by atoms with Gasteiger partial charge in [-0.05, 0) is 37.1 Å². The number of hydrogen-bond donors (Lipinski definition) is 2. The Morgan fingerprint density at radius 2 is 1.93 bits per heavy atom. The van der Waals surface area contributed by atoms with E-state index in [0.717, 1.165) is 25.9 Å². The summed E-state index contributed by atoms with van der Waals surface area (Å²) in [7, 11) is 0. The predicted molar refractivity (Wildman–Crippen MR) is 109 cm³/mol. The van der Waals surface area contributed by atoms with Crippen LogP contribution in [0.2, 0.25) is 10.0 Å². The SMILES string of the molecule is O=C(NCC(O)CN1CCC(Oc2ccc(Cl)c(Cl)c2)CC1)c1ccncc1. The molecule has 150 valence electrons. The second-order valence-corrected chi connectivity index (χ2v) is 7.61. The number of aliphatic hydroxyl groups is 1. The van der Waals surface area contributed by atoms with Crippen LogP contribution in [0.5, 0.6) is 5.75 Å². The Labute approximate surface area is 174 Å². The molecule has 2 heterocycles. The summed E-state index contributed by atoms with van der Waals surface area (Å²) in [4.78, 5) is 18.1. The monoisotopic (exact) mass is 423 g/mol. The van der Waals surface area contributed by atoms with E-state index >= 15 is 0 Å². The Bertz CT molecular complexity index is 784. The summed E-state index contributed by atoms with van der Waals surface area (Å²) in [6.07, 6.45) is 4.33. The van der Waals surface area contributed by atoms with E-state index in [1.165, 1.54) is 0 Å². The molecule has 0 spiro atoms. The smallest absolute Gasteiger partial charge is 0.251 e. The zero-order valence-corrected chi connectivity index (χ0v) is 16.9. The van der Waals surface area contributed by atoms with Crippen molar-refractivity contribution in [2.75, 3.05) is 26.2 Å². The number of amides is 1. The van der Waals surface area contributed by atoms with E-state index < -0.39 is 6.10 Å². The number of benzene rings is 1. The molecule has 28 heavy (non-hydrogen) atoms. The average molecular weight is 424 g/mol. The third-order valence-corrected chi connectivity index (χ3v) is 5.38. The molecule has 6 nitrogen and oxygen atoms in total. The molecule has 1 amide bonds. The summed E-state index contributed by atoms with van der Waals surface area (Å²) >= 11 is 11.9. The Morgan fingerprint density at radius 3 is 2.61 bits per heavy atom. The first kappa shape index (κ1) is 20.9. The maximum absolute atomic E-state index is 12.0. The fourth-order valence-electron chi connectivity index (χ4n) is 3.13. The number of nitrogens with zero attached hydrogens (tertiary/aromatic N) is 2. The molecule has 1 aromatic carbocycles. The Balaban J connectivity index is 1.37. The van der Waals surface area contributed by atoms with E-state index in [0.29, 0.717) is 27.9 Å². The minimum absolute atomic E-state index is 0.108. The highest BCUT2D eigenvalue weighted by molar-refractivity contribution is 6.42. The summed E-state index contributed by atoms with van der Waals surface area (Å²) in [5, 5.41) is 14.0. The molecule has 8 heteroatoms. The van der Waals surface area contributed by atoms with Crippen molar-refractivity contribution in [2.24, 2.45) is 0 Å². The maximum Gasteiger partial charge on any atom is 0.251 e. The van der Waals surface area contributed by atoms with Gasteiger partial charge >= 0.3 is 0 Å². The van der Waals surface area contributed by atoms with Crippen molar-refractivity contribution in [1.29, 1.82) is 0 Å². The van der Waals surface area contributed by atoms with Crippen LogP contribution in [0.15, 0.2) is 42.7 Å². The lowest BCUT2D eigenvalue weighted by Gasteiger charge is -2.33. The minimum atomic E-state index is -0.627. The second kappa shape index (κ2) is 10.1. The summed E-state index contributed by atoms with van der Waals surface area (Å²) in [6.45, 7) is 2.36. The number of carbonyl (C=O) groups is 1. The van der Waals surface area contributed by atoms with Crippen molar-refractivity contribution < 1.29 is 14.6 Å². The molecule has 0 radical (unpaired) electrons. The van der Waals surface area contributed by atoms with Crippen LogP contribution < -0.4 is 10.1 Å². The van der Waals surface area contributed by atoms with Gasteiger partial charge in [-0.25, -0.2) is 0 Å². The van der Waals surface area contributed by atoms with Crippen molar-refractivity contribution in [3.05, 3.63) is 58.3 Å². The number of nitrogens with one attached hydrogen (secondary N) is 1. The lowest BCUT2D eigenvalue weighted by atomic mass is 10.1. The van der Waals surface area contributed by atoms with Gasteiger partial charge in [-0.3, -0.25) is 9.78 Å². The van der Waals surface area contributed by atoms with Crippen LogP contribution in [0.3, 0.4) is 0 Å². The van der Waals surface area contributed by atoms with Gasteiger partial charge in [0, 0.05) is 50.2 Å². The molecular formula is C20H23Cl2N3O3. The van der Waals surface area contributed by atoms with Gasteiger partial charge in [0.25, 0.3) is 5.91 Å². The third kappa shape index (κ3) is 6.07. The van der Waals surface area contributed by atoms with Gasteiger partial charge in [-0.15, -0.1) is 0 Å². The zero-order valence-electron chi connectivity index (χ0n) is 15.4. The lowest BCUT2D eigenvalue weighted by Crippen LogP contribution is -2.45.